The van der Waals surface area contributed by atoms with E-state index in [0.29, 0.717) is 6.54 Å². The third kappa shape index (κ3) is 2.10. The van der Waals surface area contributed by atoms with Gasteiger partial charge in [-0.15, -0.1) is 22.7 Å². The summed E-state index contributed by atoms with van der Waals surface area (Å²) in [5, 5.41) is 3.13. The van der Waals surface area contributed by atoms with Crippen LogP contribution in [0.5, 0.6) is 0 Å². The maximum Gasteiger partial charge on any atom is 0.134 e. The number of aromatic nitrogens is 1. The van der Waals surface area contributed by atoms with Crippen LogP contribution < -0.4 is 5.73 Å². The van der Waals surface area contributed by atoms with Crippen molar-refractivity contribution in [2.45, 2.75) is 6.54 Å². The Morgan fingerprint density at radius 3 is 2.56 bits per heavy atom. The standard InChI is InChI=1S/C14H12N2S2/c15-9-11-13(10-5-2-1-3-6-10)18-14(16-11)12-7-4-8-17-12/h1-8H,9,15H2. The van der Waals surface area contributed by atoms with E-state index >= 15 is 0 Å². The molecule has 2 heterocycles. The van der Waals surface area contributed by atoms with Gasteiger partial charge in [0.05, 0.1) is 15.4 Å². The molecule has 0 amide bonds. The molecule has 0 bridgehead atoms. The number of hydrogen-bond donors (Lipinski definition) is 1. The van der Waals surface area contributed by atoms with E-state index in [2.05, 4.69) is 28.6 Å². The fraction of sp³-hybridized carbons (Fsp3) is 0.0714. The minimum absolute atomic E-state index is 0.478. The van der Waals surface area contributed by atoms with Crippen molar-refractivity contribution in [1.82, 2.24) is 4.98 Å². The van der Waals surface area contributed by atoms with Crippen LogP contribution in [0.1, 0.15) is 5.69 Å². The van der Waals surface area contributed by atoms with Gasteiger partial charge in [0.2, 0.25) is 0 Å². The van der Waals surface area contributed by atoms with E-state index in [0.717, 1.165) is 10.7 Å². The summed E-state index contributed by atoms with van der Waals surface area (Å²) in [4.78, 5) is 7.04. The molecule has 0 saturated carbocycles. The average molecular weight is 272 g/mol. The molecule has 2 aromatic heterocycles. The molecule has 18 heavy (non-hydrogen) atoms. The summed E-state index contributed by atoms with van der Waals surface area (Å²) in [5.74, 6) is 0. The van der Waals surface area contributed by atoms with Gasteiger partial charge in [-0.1, -0.05) is 36.4 Å². The molecule has 0 radical (unpaired) electrons. The molecule has 0 saturated heterocycles. The quantitative estimate of drug-likeness (QED) is 0.782. The lowest BCUT2D eigenvalue weighted by Gasteiger charge is -1.98. The number of benzene rings is 1. The third-order valence-corrected chi connectivity index (χ3v) is 4.84. The number of thiophene rings is 1. The van der Waals surface area contributed by atoms with E-state index in [4.69, 9.17) is 5.73 Å². The van der Waals surface area contributed by atoms with Gasteiger partial charge in [-0.2, -0.15) is 0 Å². The third-order valence-electron chi connectivity index (χ3n) is 2.66. The lowest BCUT2D eigenvalue weighted by molar-refractivity contribution is 1.02. The summed E-state index contributed by atoms with van der Waals surface area (Å²) in [6, 6.07) is 14.5. The van der Waals surface area contributed by atoms with E-state index in [1.54, 1.807) is 22.7 Å². The predicted molar refractivity (Wildman–Crippen MR) is 78.8 cm³/mol. The number of rotatable bonds is 3. The van der Waals surface area contributed by atoms with Crippen molar-refractivity contribution in [2.24, 2.45) is 5.73 Å². The van der Waals surface area contributed by atoms with Crippen LogP contribution in [-0.2, 0) is 6.54 Å². The number of nitrogens with zero attached hydrogens (tertiary/aromatic N) is 1. The summed E-state index contributed by atoms with van der Waals surface area (Å²) in [6.45, 7) is 0.478. The fourth-order valence-electron chi connectivity index (χ4n) is 1.81. The van der Waals surface area contributed by atoms with E-state index in [-0.39, 0.29) is 0 Å². The Hall–Kier alpha value is -1.49. The Bertz CT molecular complexity index is 627. The van der Waals surface area contributed by atoms with Gasteiger partial charge in [0.25, 0.3) is 0 Å². The van der Waals surface area contributed by atoms with Crippen molar-refractivity contribution in [3.05, 3.63) is 53.5 Å². The van der Waals surface area contributed by atoms with Crippen molar-refractivity contribution in [2.75, 3.05) is 0 Å². The Kier molecular flexibility index (Phi) is 3.23. The van der Waals surface area contributed by atoms with Crippen LogP contribution in [0.15, 0.2) is 47.8 Å². The van der Waals surface area contributed by atoms with Gasteiger partial charge in [0, 0.05) is 6.54 Å². The van der Waals surface area contributed by atoms with Crippen molar-refractivity contribution in [3.63, 3.8) is 0 Å². The molecule has 3 aromatic rings. The second kappa shape index (κ2) is 5.02. The Labute approximate surface area is 114 Å². The molecule has 2 N–H and O–H groups in total. The monoisotopic (exact) mass is 272 g/mol. The van der Waals surface area contributed by atoms with Crippen molar-refractivity contribution < 1.29 is 0 Å². The zero-order valence-corrected chi connectivity index (χ0v) is 11.3. The van der Waals surface area contributed by atoms with Gasteiger partial charge >= 0.3 is 0 Å². The van der Waals surface area contributed by atoms with Crippen LogP contribution >= 0.6 is 22.7 Å². The first-order chi connectivity index (χ1) is 8.88. The van der Waals surface area contributed by atoms with Gasteiger partial charge in [-0.05, 0) is 17.0 Å². The molecular formula is C14H12N2S2. The van der Waals surface area contributed by atoms with Gasteiger partial charge in [-0.25, -0.2) is 4.98 Å². The van der Waals surface area contributed by atoms with Gasteiger partial charge < -0.3 is 5.73 Å². The van der Waals surface area contributed by atoms with Crippen molar-refractivity contribution in [1.29, 1.82) is 0 Å². The summed E-state index contributed by atoms with van der Waals surface area (Å²) < 4.78 is 0. The van der Waals surface area contributed by atoms with Gasteiger partial charge in [0.15, 0.2) is 0 Å². The second-order valence-electron chi connectivity index (χ2n) is 3.84. The normalized spacial score (nSPS) is 10.7. The number of thiazole rings is 1. The molecule has 1 aromatic carbocycles. The molecule has 2 nitrogen and oxygen atoms in total. The van der Waals surface area contributed by atoms with Crippen LogP contribution in [0.2, 0.25) is 0 Å². The smallest absolute Gasteiger partial charge is 0.134 e. The SMILES string of the molecule is NCc1nc(-c2cccs2)sc1-c1ccccc1. The lowest BCUT2D eigenvalue weighted by Crippen LogP contribution is -1.98. The van der Waals surface area contributed by atoms with Crippen LogP contribution in [-0.4, -0.2) is 4.98 Å². The molecule has 4 heteroatoms. The maximum absolute atomic E-state index is 5.80. The molecular weight excluding hydrogens is 260 g/mol. The Morgan fingerprint density at radius 1 is 1.06 bits per heavy atom. The fourth-order valence-corrected chi connectivity index (χ4v) is 3.71. The second-order valence-corrected chi connectivity index (χ2v) is 5.79. The molecule has 3 rings (SSSR count). The van der Waals surface area contributed by atoms with E-state index in [1.807, 2.05) is 24.3 Å². The van der Waals surface area contributed by atoms with E-state index in [1.165, 1.54) is 15.3 Å². The Morgan fingerprint density at radius 2 is 1.89 bits per heavy atom. The van der Waals surface area contributed by atoms with Crippen LogP contribution in [0, 0.1) is 0 Å². The summed E-state index contributed by atoms with van der Waals surface area (Å²) >= 11 is 3.43. The maximum atomic E-state index is 5.80. The predicted octanol–water partition coefficient (Wildman–Crippen LogP) is 4.00. The lowest BCUT2D eigenvalue weighted by atomic mass is 10.1. The first kappa shape index (κ1) is 11.6. The Balaban J connectivity index is 2.10. The first-order valence-corrected chi connectivity index (χ1v) is 7.37. The summed E-state index contributed by atoms with van der Waals surface area (Å²) in [6.07, 6.45) is 0. The van der Waals surface area contributed by atoms with Crippen molar-refractivity contribution >= 4 is 22.7 Å². The minimum Gasteiger partial charge on any atom is -0.325 e. The average Bonchev–Trinajstić information content (AvgIpc) is 3.08. The first-order valence-electron chi connectivity index (χ1n) is 5.67. The minimum atomic E-state index is 0.478. The highest BCUT2D eigenvalue weighted by molar-refractivity contribution is 7.23. The van der Waals surface area contributed by atoms with Crippen LogP contribution in [0.25, 0.3) is 20.3 Å². The topological polar surface area (TPSA) is 38.9 Å². The molecule has 0 spiro atoms. The van der Waals surface area contributed by atoms with Gasteiger partial charge in [0.1, 0.15) is 5.01 Å². The van der Waals surface area contributed by atoms with Crippen LogP contribution in [0.3, 0.4) is 0 Å². The molecule has 0 aliphatic rings. The zero-order valence-electron chi connectivity index (χ0n) is 9.67. The highest BCUT2D eigenvalue weighted by Crippen LogP contribution is 2.36. The molecule has 0 aliphatic heterocycles. The number of hydrogen-bond acceptors (Lipinski definition) is 4. The highest BCUT2D eigenvalue weighted by Gasteiger charge is 2.13. The summed E-state index contributed by atoms with van der Waals surface area (Å²) in [5.41, 5.74) is 7.98. The molecule has 0 unspecified atom stereocenters. The highest BCUT2D eigenvalue weighted by atomic mass is 32.1. The zero-order chi connectivity index (χ0) is 12.4. The molecule has 0 aliphatic carbocycles. The largest absolute Gasteiger partial charge is 0.325 e. The summed E-state index contributed by atoms with van der Waals surface area (Å²) in [7, 11) is 0. The van der Waals surface area contributed by atoms with Crippen molar-refractivity contribution in [3.8, 4) is 20.3 Å². The number of nitrogens with two attached hydrogens (primary N) is 1. The molecule has 90 valence electrons. The molecule has 0 fully saturated rings. The van der Waals surface area contributed by atoms with E-state index < -0.39 is 0 Å². The van der Waals surface area contributed by atoms with E-state index in [9.17, 15) is 0 Å². The van der Waals surface area contributed by atoms with Crippen LogP contribution in [0.4, 0.5) is 0 Å². The molecule has 0 atom stereocenters. The van der Waals surface area contributed by atoms with Gasteiger partial charge in [-0.3, -0.25) is 0 Å².